The van der Waals surface area contributed by atoms with Gasteiger partial charge in [0.1, 0.15) is 29.4 Å². The average Bonchev–Trinajstić information content (AvgIpc) is 3.78. The second-order valence-corrected chi connectivity index (χ2v) is 13.8. The summed E-state index contributed by atoms with van der Waals surface area (Å²) in [4.78, 5) is 72.2. The molecule has 4 amide bonds. The number of hydrogen-bond acceptors (Lipinski definition) is 8. The van der Waals surface area contributed by atoms with E-state index in [0.29, 0.717) is 25.9 Å². The normalized spacial score (nSPS) is 17.5. The number of benzene rings is 2. The second kappa shape index (κ2) is 17.8. The molecule has 1 aromatic heterocycles. The van der Waals surface area contributed by atoms with Crippen LogP contribution in [0.1, 0.15) is 75.0 Å². The lowest BCUT2D eigenvalue weighted by molar-refractivity contribution is -0.134. The third kappa shape index (κ3) is 11.0. The molecule has 0 radical (unpaired) electrons. The number of amides is 4. The Morgan fingerprint density at radius 2 is 1.35 bits per heavy atom. The van der Waals surface area contributed by atoms with Crippen LogP contribution in [0.4, 0.5) is 5.95 Å². The first-order valence-corrected chi connectivity index (χ1v) is 17.6. The highest BCUT2D eigenvalue weighted by molar-refractivity contribution is 5.99. The molecule has 1 aliphatic rings. The van der Waals surface area contributed by atoms with Crippen LogP contribution in [-0.2, 0) is 43.8 Å². The van der Waals surface area contributed by atoms with Gasteiger partial charge in [0.05, 0.1) is 18.8 Å². The van der Waals surface area contributed by atoms with Gasteiger partial charge < -0.3 is 36.3 Å². The second-order valence-electron chi connectivity index (χ2n) is 13.8. The minimum atomic E-state index is -1.05. The van der Waals surface area contributed by atoms with Gasteiger partial charge in [0, 0.05) is 13.5 Å². The number of anilines is 1. The number of carbonyl (C=O) groups is 5. The molecule has 4 rings (SSSR count). The van der Waals surface area contributed by atoms with Crippen molar-refractivity contribution in [2.45, 2.75) is 96.0 Å². The first-order chi connectivity index (χ1) is 24.3. The standard InChI is InChI=1S/C38H51N7O6/c1-6-13-27(41-34(48)28(19-18-25-14-9-7-10-15-25)42-36(50)31-22-40-37(39)45(31)5)33(47)44-30(21-26-16-11-8-12-17-26)35(49)43-29(20-24(2)3)32(46)38(4)23-51-38/h7-12,14-17,22,24,27-30H,6,13,18-21,23H2,1-5H3,(H2,39,40)(H,41,48)(H,42,50)(H,43,49)(H,44,47). The molecule has 0 bridgehead atoms. The van der Waals surface area contributed by atoms with Crippen molar-refractivity contribution in [2.24, 2.45) is 13.0 Å². The number of hydrogen-bond donors (Lipinski definition) is 5. The van der Waals surface area contributed by atoms with Crippen LogP contribution in [0.5, 0.6) is 0 Å². The molecule has 1 fully saturated rings. The van der Waals surface area contributed by atoms with Gasteiger partial charge in [0.25, 0.3) is 5.91 Å². The Kier molecular flexibility index (Phi) is 13.5. The van der Waals surface area contributed by atoms with Crippen molar-refractivity contribution in [1.82, 2.24) is 30.8 Å². The first-order valence-electron chi connectivity index (χ1n) is 17.6. The predicted octanol–water partition coefficient (Wildman–Crippen LogP) is 2.63. The highest BCUT2D eigenvalue weighted by Crippen LogP contribution is 2.29. The molecule has 0 saturated carbocycles. The van der Waals surface area contributed by atoms with Crippen molar-refractivity contribution in [3.05, 3.63) is 83.7 Å². The summed E-state index contributed by atoms with van der Waals surface area (Å²) < 4.78 is 6.81. The van der Waals surface area contributed by atoms with Crippen LogP contribution in [0.3, 0.4) is 0 Å². The minimum Gasteiger partial charge on any atom is -0.369 e. The number of Topliss-reactive ketones (excluding diaryl/α,β-unsaturated/α-hetero) is 1. The van der Waals surface area contributed by atoms with Gasteiger partial charge in [-0.3, -0.25) is 24.0 Å². The van der Waals surface area contributed by atoms with E-state index in [0.717, 1.165) is 11.1 Å². The largest absolute Gasteiger partial charge is 0.369 e. The van der Waals surface area contributed by atoms with Gasteiger partial charge in [-0.15, -0.1) is 0 Å². The zero-order chi connectivity index (χ0) is 37.1. The number of ketones is 1. The van der Waals surface area contributed by atoms with Gasteiger partial charge in [-0.05, 0) is 49.7 Å². The molecule has 1 aliphatic heterocycles. The Hall–Kier alpha value is -5.04. The summed E-state index contributed by atoms with van der Waals surface area (Å²) in [6, 6.07) is 14.9. The number of nitrogens with two attached hydrogens (primary N) is 1. The Balaban J connectivity index is 1.53. The predicted molar refractivity (Wildman–Crippen MR) is 193 cm³/mol. The number of nitrogens with zero attached hydrogens (tertiary/aromatic N) is 2. The van der Waals surface area contributed by atoms with Crippen LogP contribution in [0.25, 0.3) is 0 Å². The lowest BCUT2D eigenvalue weighted by atomic mass is 9.93. The van der Waals surface area contributed by atoms with Gasteiger partial charge in [-0.2, -0.15) is 0 Å². The average molecular weight is 702 g/mol. The molecule has 13 heteroatoms. The van der Waals surface area contributed by atoms with Gasteiger partial charge in [-0.1, -0.05) is 87.9 Å². The molecule has 274 valence electrons. The van der Waals surface area contributed by atoms with E-state index in [-0.39, 0.29) is 42.6 Å². The quantitative estimate of drug-likeness (QED) is 0.118. The number of ether oxygens (including phenoxy) is 1. The van der Waals surface area contributed by atoms with Crippen molar-refractivity contribution in [3.63, 3.8) is 0 Å². The molecule has 5 unspecified atom stereocenters. The van der Waals surface area contributed by atoms with E-state index in [9.17, 15) is 24.0 Å². The fraction of sp³-hybridized carbons (Fsp3) is 0.474. The van der Waals surface area contributed by atoms with E-state index in [1.165, 1.54) is 10.8 Å². The van der Waals surface area contributed by atoms with Crippen molar-refractivity contribution in [3.8, 4) is 0 Å². The molecule has 0 aliphatic carbocycles. The third-order valence-corrected chi connectivity index (χ3v) is 9.01. The number of aromatic nitrogens is 2. The summed E-state index contributed by atoms with van der Waals surface area (Å²) in [6.45, 7) is 7.81. The van der Waals surface area contributed by atoms with Gasteiger partial charge >= 0.3 is 0 Å². The molecule has 6 N–H and O–H groups in total. The smallest absolute Gasteiger partial charge is 0.270 e. The van der Waals surface area contributed by atoms with Crippen LogP contribution >= 0.6 is 0 Å². The lowest BCUT2D eigenvalue weighted by Gasteiger charge is -2.27. The van der Waals surface area contributed by atoms with Crippen LogP contribution in [0.2, 0.25) is 0 Å². The number of carbonyl (C=O) groups excluding carboxylic acids is 5. The number of nitrogens with one attached hydrogen (secondary N) is 4. The summed E-state index contributed by atoms with van der Waals surface area (Å²) >= 11 is 0. The Bertz CT molecular complexity index is 1660. The molecule has 2 aromatic carbocycles. The molecule has 13 nitrogen and oxygen atoms in total. The number of rotatable bonds is 19. The van der Waals surface area contributed by atoms with Gasteiger partial charge in [0.2, 0.25) is 17.7 Å². The van der Waals surface area contributed by atoms with E-state index < -0.39 is 53.4 Å². The lowest BCUT2D eigenvalue weighted by Crippen LogP contribution is -2.58. The van der Waals surface area contributed by atoms with E-state index in [1.807, 2.05) is 81.4 Å². The van der Waals surface area contributed by atoms with Crippen LogP contribution < -0.4 is 27.0 Å². The van der Waals surface area contributed by atoms with Crippen molar-refractivity contribution >= 4 is 35.4 Å². The van der Waals surface area contributed by atoms with Crippen LogP contribution in [0, 0.1) is 5.92 Å². The highest BCUT2D eigenvalue weighted by atomic mass is 16.6. The summed E-state index contributed by atoms with van der Waals surface area (Å²) in [7, 11) is 1.60. The van der Waals surface area contributed by atoms with E-state index in [2.05, 4.69) is 26.3 Å². The summed E-state index contributed by atoms with van der Waals surface area (Å²) in [5, 5.41) is 11.4. The molecule has 0 spiro atoms. The molecule has 51 heavy (non-hydrogen) atoms. The SMILES string of the molecule is CCCC(NC(=O)C(CCc1ccccc1)NC(=O)c1cnc(N)n1C)C(=O)NC(Cc1ccccc1)C(=O)NC(CC(C)C)C(=O)C1(C)CO1. The summed E-state index contributed by atoms with van der Waals surface area (Å²) in [5.41, 5.74) is 6.85. The van der Waals surface area contributed by atoms with Crippen molar-refractivity contribution < 1.29 is 28.7 Å². The Morgan fingerprint density at radius 3 is 1.88 bits per heavy atom. The van der Waals surface area contributed by atoms with E-state index >= 15 is 0 Å². The van der Waals surface area contributed by atoms with Crippen LogP contribution in [-0.4, -0.2) is 75.3 Å². The summed E-state index contributed by atoms with van der Waals surface area (Å²) in [6.07, 6.45) is 3.46. The Morgan fingerprint density at radius 1 is 0.824 bits per heavy atom. The van der Waals surface area contributed by atoms with Crippen LogP contribution in [0.15, 0.2) is 66.9 Å². The van der Waals surface area contributed by atoms with Gasteiger partial charge in [0.15, 0.2) is 11.7 Å². The molecule has 2 heterocycles. The number of aryl methyl sites for hydroxylation is 1. The minimum absolute atomic E-state index is 0.110. The molecular weight excluding hydrogens is 650 g/mol. The molecule has 3 aromatic rings. The summed E-state index contributed by atoms with van der Waals surface area (Å²) in [5.74, 6) is -2.11. The fourth-order valence-electron chi connectivity index (χ4n) is 5.85. The highest BCUT2D eigenvalue weighted by Gasteiger charge is 2.50. The maximum absolute atomic E-state index is 13.9. The number of imidazole rings is 1. The first kappa shape index (κ1) is 38.8. The Labute approximate surface area is 299 Å². The maximum atomic E-state index is 13.9. The molecular formula is C38H51N7O6. The zero-order valence-electron chi connectivity index (χ0n) is 30.1. The third-order valence-electron chi connectivity index (χ3n) is 9.01. The van der Waals surface area contributed by atoms with E-state index in [1.54, 1.807) is 14.0 Å². The zero-order valence-corrected chi connectivity index (χ0v) is 30.1. The maximum Gasteiger partial charge on any atom is 0.270 e. The van der Waals surface area contributed by atoms with Crippen molar-refractivity contribution in [2.75, 3.05) is 12.3 Å². The number of epoxide rings is 1. The van der Waals surface area contributed by atoms with E-state index in [4.69, 9.17) is 10.5 Å². The molecule has 1 saturated heterocycles. The number of nitrogen functional groups attached to an aromatic ring is 1. The van der Waals surface area contributed by atoms with Gasteiger partial charge in [-0.25, -0.2) is 4.98 Å². The fourth-order valence-corrected chi connectivity index (χ4v) is 5.85. The monoisotopic (exact) mass is 701 g/mol. The van der Waals surface area contributed by atoms with Crippen molar-refractivity contribution in [1.29, 1.82) is 0 Å². The molecule has 5 atom stereocenters. The topological polar surface area (TPSA) is 190 Å².